The van der Waals surface area contributed by atoms with E-state index in [-0.39, 0.29) is 11.6 Å². The number of aromatic nitrogens is 2. The third-order valence-corrected chi connectivity index (χ3v) is 19.3. The average Bonchev–Trinajstić information content (AvgIpc) is 4.24. The monoisotopic (exact) mass is 1020 g/mol. The van der Waals surface area contributed by atoms with Crippen LogP contribution in [0.15, 0.2) is 71.4 Å². The molecule has 8 heteroatoms. The summed E-state index contributed by atoms with van der Waals surface area (Å²) in [6.45, 7) is 10.7. The zero-order valence-corrected chi connectivity index (χ0v) is 46.3. The largest absolute Gasteiger partial charge is 0.339 e. The van der Waals surface area contributed by atoms with Crippen molar-refractivity contribution in [3.63, 3.8) is 0 Å². The summed E-state index contributed by atoms with van der Waals surface area (Å²) in [6, 6.07) is 21.3. The molecule has 2 aromatic carbocycles. The molecule has 376 valence electrons. The van der Waals surface area contributed by atoms with E-state index in [0.717, 1.165) is 107 Å². The SMILES string of the molecule is CCCCCCCCc1cc(-c2cc3c(cc2F)c2c(c4cc(F)c(-c5cc(CCCCCCCC)c(-c6cccs6)s5)cc4n2CCCCCCCC)n3CCCCCCCC)sc1-c1cccs1. The molecule has 0 spiro atoms. The lowest BCUT2D eigenvalue weighted by Crippen LogP contribution is -1.99. The van der Waals surface area contributed by atoms with Crippen LogP contribution in [0, 0.1) is 11.6 Å². The van der Waals surface area contributed by atoms with Crippen LogP contribution in [0.3, 0.4) is 0 Å². The Kier molecular flexibility index (Phi) is 20.3. The number of nitrogens with zero attached hydrogens (tertiary/aromatic N) is 2. The summed E-state index contributed by atoms with van der Waals surface area (Å²) in [4.78, 5) is 7.13. The first kappa shape index (κ1) is 52.8. The highest BCUT2D eigenvalue weighted by atomic mass is 32.1. The first-order valence-corrected chi connectivity index (χ1v) is 31.2. The van der Waals surface area contributed by atoms with E-state index in [9.17, 15) is 0 Å². The Hall–Kier alpha value is -3.56. The van der Waals surface area contributed by atoms with Gasteiger partial charge in [-0.2, -0.15) is 0 Å². The highest BCUT2D eigenvalue weighted by molar-refractivity contribution is 7.24. The molecule has 0 aliphatic heterocycles. The fourth-order valence-electron chi connectivity index (χ4n) is 10.9. The van der Waals surface area contributed by atoms with Crippen LogP contribution < -0.4 is 0 Å². The van der Waals surface area contributed by atoms with Crippen molar-refractivity contribution in [2.24, 2.45) is 0 Å². The molecule has 8 rings (SSSR count). The maximum absolute atomic E-state index is 17.3. The van der Waals surface area contributed by atoms with Gasteiger partial charge in [-0.05, 0) is 109 Å². The van der Waals surface area contributed by atoms with Gasteiger partial charge in [-0.1, -0.05) is 168 Å². The molecule has 0 N–H and O–H groups in total. The van der Waals surface area contributed by atoms with Gasteiger partial charge in [0.2, 0.25) is 0 Å². The smallest absolute Gasteiger partial charge is 0.132 e. The zero-order valence-electron chi connectivity index (χ0n) is 43.0. The summed E-state index contributed by atoms with van der Waals surface area (Å²) < 4.78 is 39.5. The second kappa shape index (κ2) is 26.9. The third-order valence-electron chi connectivity index (χ3n) is 14.7. The summed E-state index contributed by atoms with van der Waals surface area (Å²) in [5.41, 5.74) is 8.32. The minimum Gasteiger partial charge on any atom is -0.339 e. The standard InChI is InChI=1S/C62H80F2N2S4/c1-5-9-13-17-21-25-31-45-39-57(69-61(45)55-33-29-37-67-55)47-43-53-49(41-51(47)63)59-60(65(53)35-27-23-19-15-11-7-3)50-42-52(64)48(44-54(50)66(59)36-28-24-20-16-12-8-4)58-40-46(32-26-22-18-14-10-6-2)62(70-58)56-34-30-38-68-56/h29-30,33-34,37-44H,5-28,31-32,35-36H2,1-4H3. The van der Waals surface area contributed by atoms with Crippen LogP contribution in [-0.4, -0.2) is 9.13 Å². The van der Waals surface area contributed by atoms with Gasteiger partial charge in [-0.25, -0.2) is 8.78 Å². The van der Waals surface area contributed by atoms with Gasteiger partial charge in [0, 0.05) is 64.3 Å². The number of aryl methyl sites for hydroxylation is 4. The molecule has 0 fully saturated rings. The van der Waals surface area contributed by atoms with Crippen LogP contribution in [0.1, 0.15) is 193 Å². The first-order valence-electron chi connectivity index (χ1n) is 27.8. The van der Waals surface area contributed by atoms with E-state index in [1.807, 2.05) is 12.1 Å². The van der Waals surface area contributed by atoms with Crippen molar-refractivity contribution in [1.82, 2.24) is 9.13 Å². The molecular weight excluding hydrogens is 939 g/mol. The van der Waals surface area contributed by atoms with Gasteiger partial charge in [-0.15, -0.1) is 45.3 Å². The summed E-state index contributed by atoms with van der Waals surface area (Å²) in [7, 11) is 0. The minimum absolute atomic E-state index is 0.169. The number of unbranched alkanes of at least 4 members (excludes halogenated alkanes) is 20. The first-order chi connectivity index (χ1) is 34.4. The fraction of sp³-hybridized carbons (Fsp3) is 0.516. The van der Waals surface area contributed by atoms with Gasteiger partial charge in [0.05, 0.1) is 22.1 Å². The van der Waals surface area contributed by atoms with Gasteiger partial charge < -0.3 is 9.13 Å². The van der Waals surface area contributed by atoms with Crippen molar-refractivity contribution >= 4 is 78.2 Å². The molecule has 70 heavy (non-hydrogen) atoms. The maximum Gasteiger partial charge on any atom is 0.132 e. The number of benzene rings is 2. The Bertz CT molecular complexity index is 2620. The molecule has 0 bridgehead atoms. The highest BCUT2D eigenvalue weighted by Crippen LogP contribution is 2.47. The summed E-state index contributed by atoms with van der Waals surface area (Å²) in [6.07, 6.45) is 31.4. The van der Waals surface area contributed by atoms with Crippen LogP contribution in [0.25, 0.3) is 73.2 Å². The van der Waals surface area contributed by atoms with Gasteiger partial charge in [0.1, 0.15) is 11.6 Å². The second-order valence-electron chi connectivity index (χ2n) is 20.2. The van der Waals surface area contributed by atoms with Crippen LogP contribution in [0.2, 0.25) is 0 Å². The molecular formula is C62H80F2N2S4. The van der Waals surface area contributed by atoms with Crippen LogP contribution in [0.4, 0.5) is 8.78 Å². The number of fused-ring (bicyclic) bond motifs is 5. The molecule has 6 heterocycles. The normalized spacial score (nSPS) is 12.0. The van der Waals surface area contributed by atoms with E-state index in [0.29, 0.717) is 11.1 Å². The number of hydrogen-bond acceptors (Lipinski definition) is 4. The average molecular weight is 1020 g/mol. The van der Waals surface area contributed by atoms with Crippen molar-refractivity contribution in [2.75, 3.05) is 0 Å². The Morgan fingerprint density at radius 1 is 0.400 bits per heavy atom. The quantitative estimate of drug-likeness (QED) is 0.0372. The van der Waals surface area contributed by atoms with E-state index in [1.165, 1.54) is 146 Å². The molecule has 0 aliphatic rings. The lowest BCUT2D eigenvalue weighted by atomic mass is 10.0. The van der Waals surface area contributed by atoms with Crippen LogP contribution in [0.5, 0.6) is 0 Å². The summed E-state index contributed by atoms with van der Waals surface area (Å²) in [5.74, 6) is -0.339. The molecule has 0 saturated carbocycles. The predicted octanol–water partition coefficient (Wildman–Crippen LogP) is 22.5. The fourth-order valence-corrected chi connectivity index (χ4v) is 15.1. The Labute approximate surface area is 435 Å². The molecule has 0 radical (unpaired) electrons. The van der Waals surface area contributed by atoms with Gasteiger partial charge in [0.25, 0.3) is 0 Å². The molecule has 2 nitrogen and oxygen atoms in total. The van der Waals surface area contributed by atoms with E-state index in [1.54, 1.807) is 45.3 Å². The molecule has 0 aliphatic carbocycles. The van der Waals surface area contributed by atoms with E-state index in [4.69, 9.17) is 0 Å². The van der Waals surface area contributed by atoms with Crippen LogP contribution in [-0.2, 0) is 25.9 Å². The van der Waals surface area contributed by atoms with Crippen molar-refractivity contribution < 1.29 is 8.78 Å². The minimum atomic E-state index is -0.169. The molecule has 0 amide bonds. The number of thiophene rings is 4. The Balaban J connectivity index is 1.24. The van der Waals surface area contributed by atoms with E-state index in [2.05, 4.69) is 96.1 Å². The van der Waals surface area contributed by atoms with Crippen molar-refractivity contribution in [1.29, 1.82) is 0 Å². The summed E-state index contributed by atoms with van der Waals surface area (Å²) >= 11 is 7.07. The van der Waals surface area contributed by atoms with Crippen molar-refractivity contribution in [2.45, 2.75) is 208 Å². The van der Waals surface area contributed by atoms with Gasteiger partial charge in [0.15, 0.2) is 0 Å². The van der Waals surface area contributed by atoms with E-state index < -0.39 is 0 Å². The van der Waals surface area contributed by atoms with Crippen molar-refractivity contribution in [3.8, 4) is 40.4 Å². The van der Waals surface area contributed by atoms with Gasteiger partial charge in [-0.3, -0.25) is 0 Å². The second-order valence-corrected chi connectivity index (χ2v) is 24.2. The zero-order chi connectivity index (χ0) is 48.7. The molecule has 8 aromatic rings. The number of hydrogen-bond donors (Lipinski definition) is 0. The lowest BCUT2D eigenvalue weighted by Gasteiger charge is -2.12. The van der Waals surface area contributed by atoms with Crippen LogP contribution >= 0.6 is 45.3 Å². The molecule has 0 unspecified atom stereocenters. The third kappa shape index (κ3) is 12.8. The molecule has 0 atom stereocenters. The molecule has 0 saturated heterocycles. The predicted molar refractivity (Wildman–Crippen MR) is 309 cm³/mol. The summed E-state index contributed by atoms with van der Waals surface area (Å²) in [5, 5.41) is 6.21. The Morgan fingerprint density at radius 3 is 1.11 bits per heavy atom. The van der Waals surface area contributed by atoms with Crippen molar-refractivity contribution in [3.05, 3.63) is 94.2 Å². The van der Waals surface area contributed by atoms with E-state index >= 15 is 8.78 Å². The van der Waals surface area contributed by atoms with Gasteiger partial charge >= 0.3 is 0 Å². The lowest BCUT2D eigenvalue weighted by molar-refractivity contribution is 0.569. The highest BCUT2D eigenvalue weighted by Gasteiger charge is 2.26. The molecule has 6 aromatic heterocycles. The maximum atomic E-state index is 17.3. The number of halogens is 2. The Morgan fingerprint density at radius 2 is 0.757 bits per heavy atom. The topological polar surface area (TPSA) is 9.86 Å². The number of rotatable bonds is 32.